The van der Waals surface area contributed by atoms with Gasteiger partial charge in [-0.2, -0.15) is 0 Å². The van der Waals surface area contributed by atoms with E-state index >= 15 is 0 Å². The maximum absolute atomic E-state index is 6.48. The SMILES string of the molecule is CC1(N2CCc3cccc4c3C2CCC4NCC[C@@]2(c3ccccn3)CCOC3(CCCC3)C2)CC1. The number of hydrogen-bond donors (Lipinski definition) is 1. The van der Waals surface area contributed by atoms with Gasteiger partial charge in [-0.05, 0) is 106 Å². The molecular weight excluding hydrogens is 442 g/mol. The average molecular weight is 486 g/mol. The van der Waals surface area contributed by atoms with E-state index in [4.69, 9.17) is 9.72 Å². The fourth-order valence-electron chi connectivity index (χ4n) is 8.50. The summed E-state index contributed by atoms with van der Waals surface area (Å²) in [6.07, 6.45) is 17.0. The van der Waals surface area contributed by atoms with E-state index in [-0.39, 0.29) is 11.0 Å². The highest BCUT2D eigenvalue weighted by Gasteiger charge is 2.50. The van der Waals surface area contributed by atoms with Crippen molar-refractivity contribution in [1.82, 2.24) is 15.2 Å². The lowest BCUT2D eigenvalue weighted by Gasteiger charge is -2.47. The van der Waals surface area contributed by atoms with Crippen LogP contribution in [0.2, 0.25) is 0 Å². The molecule has 2 aromatic rings. The van der Waals surface area contributed by atoms with E-state index in [0.29, 0.717) is 17.6 Å². The quantitative estimate of drug-likeness (QED) is 0.513. The molecule has 4 nitrogen and oxygen atoms in total. The number of ether oxygens (including phenoxy) is 1. The zero-order valence-electron chi connectivity index (χ0n) is 22.1. The first-order chi connectivity index (χ1) is 17.6. The predicted octanol–water partition coefficient (Wildman–Crippen LogP) is 6.41. The second-order valence-electron chi connectivity index (χ2n) is 12.9. The van der Waals surface area contributed by atoms with Crippen LogP contribution in [-0.4, -0.2) is 40.7 Å². The Balaban J connectivity index is 1.11. The van der Waals surface area contributed by atoms with Gasteiger partial charge in [-0.3, -0.25) is 9.88 Å². The molecular formula is C32H43N3O. The van der Waals surface area contributed by atoms with Crippen LogP contribution in [0.3, 0.4) is 0 Å². The van der Waals surface area contributed by atoms with Crippen molar-refractivity contribution in [3.8, 4) is 0 Å². The molecule has 3 heterocycles. The Morgan fingerprint density at radius 2 is 1.92 bits per heavy atom. The molecule has 4 heteroatoms. The minimum absolute atomic E-state index is 0.0920. The number of rotatable bonds is 6. The molecule has 3 aliphatic carbocycles. The zero-order valence-corrected chi connectivity index (χ0v) is 22.1. The van der Waals surface area contributed by atoms with Gasteiger partial charge in [0.1, 0.15) is 0 Å². The normalized spacial score (nSPS) is 32.4. The monoisotopic (exact) mass is 485 g/mol. The largest absolute Gasteiger partial charge is 0.375 e. The Kier molecular flexibility index (Phi) is 5.79. The molecule has 36 heavy (non-hydrogen) atoms. The summed E-state index contributed by atoms with van der Waals surface area (Å²) in [5.74, 6) is 0. The molecule has 1 spiro atoms. The summed E-state index contributed by atoms with van der Waals surface area (Å²) in [5, 5.41) is 4.08. The van der Waals surface area contributed by atoms with Crippen molar-refractivity contribution < 1.29 is 4.74 Å². The van der Waals surface area contributed by atoms with Crippen LogP contribution >= 0.6 is 0 Å². The van der Waals surface area contributed by atoms with E-state index in [1.807, 2.05) is 6.20 Å². The van der Waals surface area contributed by atoms with E-state index in [1.54, 1.807) is 16.7 Å². The highest BCUT2D eigenvalue weighted by molar-refractivity contribution is 5.44. The summed E-state index contributed by atoms with van der Waals surface area (Å²) >= 11 is 0. The molecule has 1 N–H and O–H groups in total. The van der Waals surface area contributed by atoms with E-state index in [2.05, 4.69) is 53.5 Å². The van der Waals surface area contributed by atoms with Crippen LogP contribution in [0.1, 0.15) is 112 Å². The number of hydrogen-bond acceptors (Lipinski definition) is 4. The number of benzene rings is 1. The lowest BCUT2D eigenvalue weighted by molar-refractivity contribution is -0.104. The molecule has 2 aliphatic heterocycles. The summed E-state index contributed by atoms with van der Waals surface area (Å²) in [6, 6.07) is 14.8. The average Bonchev–Trinajstić information content (AvgIpc) is 3.51. The van der Waals surface area contributed by atoms with E-state index in [9.17, 15) is 0 Å². The van der Waals surface area contributed by atoms with Crippen LogP contribution in [0.5, 0.6) is 0 Å². The van der Waals surface area contributed by atoms with Gasteiger partial charge in [0, 0.05) is 48.1 Å². The van der Waals surface area contributed by atoms with Gasteiger partial charge in [0.05, 0.1) is 5.60 Å². The van der Waals surface area contributed by atoms with Crippen molar-refractivity contribution in [3.05, 3.63) is 65.0 Å². The Labute approximate surface area is 217 Å². The molecule has 192 valence electrons. The fourth-order valence-corrected chi connectivity index (χ4v) is 8.50. The third kappa shape index (κ3) is 3.95. The smallest absolute Gasteiger partial charge is 0.0691 e. The molecule has 3 atom stereocenters. The van der Waals surface area contributed by atoms with E-state index in [0.717, 1.165) is 32.4 Å². The lowest BCUT2D eigenvalue weighted by atomic mass is 9.68. The second kappa shape index (κ2) is 8.92. The van der Waals surface area contributed by atoms with Crippen LogP contribution < -0.4 is 5.32 Å². The van der Waals surface area contributed by atoms with Gasteiger partial charge in [-0.1, -0.05) is 37.1 Å². The molecule has 7 rings (SSSR count). The molecule has 0 radical (unpaired) electrons. The van der Waals surface area contributed by atoms with Gasteiger partial charge in [0.2, 0.25) is 0 Å². The van der Waals surface area contributed by atoms with Crippen molar-refractivity contribution in [3.63, 3.8) is 0 Å². The first kappa shape index (κ1) is 23.4. The number of nitrogens with zero attached hydrogens (tertiary/aromatic N) is 2. The topological polar surface area (TPSA) is 37.4 Å². The number of nitrogens with one attached hydrogen (secondary N) is 1. The van der Waals surface area contributed by atoms with Gasteiger partial charge in [-0.15, -0.1) is 0 Å². The highest BCUT2D eigenvalue weighted by atomic mass is 16.5. The first-order valence-corrected chi connectivity index (χ1v) is 14.8. The van der Waals surface area contributed by atoms with Gasteiger partial charge in [0.15, 0.2) is 0 Å². The van der Waals surface area contributed by atoms with E-state index in [1.165, 1.54) is 70.0 Å². The van der Waals surface area contributed by atoms with Gasteiger partial charge in [-0.25, -0.2) is 0 Å². The highest BCUT2D eigenvalue weighted by Crippen LogP contribution is 2.53. The van der Waals surface area contributed by atoms with Crippen molar-refractivity contribution in [2.24, 2.45) is 0 Å². The van der Waals surface area contributed by atoms with E-state index < -0.39 is 0 Å². The summed E-state index contributed by atoms with van der Waals surface area (Å²) < 4.78 is 6.48. The zero-order chi connectivity index (χ0) is 24.2. The minimum atomic E-state index is 0.0920. The summed E-state index contributed by atoms with van der Waals surface area (Å²) in [7, 11) is 0. The first-order valence-electron chi connectivity index (χ1n) is 14.8. The minimum Gasteiger partial charge on any atom is -0.375 e. The van der Waals surface area contributed by atoms with Crippen LogP contribution in [0.15, 0.2) is 42.6 Å². The molecule has 2 unspecified atom stereocenters. The number of aromatic nitrogens is 1. The third-order valence-electron chi connectivity index (χ3n) is 10.7. The molecule has 0 bridgehead atoms. The molecule has 1 saturated heterocycles. The molecule has 0 amide bonds. The maximum Gasteiger partial charge on any atom is 0.0691 e. The number of pyridine rings is 1. The van der Waals surface area contributed by atoms with Gasteiger partial charge in [0.25, 0.3) is 0 Å². The molecule has 5 aliphatic rings. The Morgan fingerprint density at radius 1 is 1.03 bits per heavy atom. The van der Waals surface area contributed by atoms with Crippen molar-refractivity contribution in [2.45, 2.75) is 113 Å². The third-order valence-corrected chi connectivity index (χ3v) is 10.7. The Morgan fingerprint density at radius 3 is 2.72 bits per heavy atom. The van der Waals surface area contributed by atoms with Crippen LogP contribution in [0.4, 0.5) is 0 Å². The van der Waals surface area contributed by atoms with Gasteiger partial charge >= 0.3 is 0 Å². The second-order valence-corrected chi connectivity index (χ2v) is 12.9. The molecule has 1 aromatic carbocycles. The van der Waals surface area contributed by atoms with Crippen molar-refractivity contribution in [2.75, 3.05) is 19.7 Å². The summed E-state index contributed by atoms with van der Waals surface area (Å²) in [5.41, 5.74) is 6.85. The van der Waals surface area contributed by atoms with Crippen LogP contribution in [0.25, 0.3) is 0 Å². The Bertz CT molecular complexity index is 1090. The standard InChI is InChI=1S/C32H43N3O/c1-30(15-16-30)35-21-12-24-7-6-8-25-26(10-11-27(35)29(24)25)33-20-17-31(28-9-2-5-19-34-28)18-22-36-32(23-31)13-3-4-14-32/h2,5-9,19,26-27,33H,3-4,10-18,20-23H2,1H3/t26?,27?,31-/m1/s1. The summed E-state index contributed by atoms with van der Waals surface area (Å²) in [6.45, 7) is 5.66. The molecule has 2 saturated carbocycles. The summed E-state index contributed by atoms with van der Waals surface area (Å²) in [4.78, 5) is 7.79. The van der Waals surface area contributed by atoms with Crippen LogP contribution in [0, 0.1) is 0 Å². The van der Waals surface area contributed by atoms with Gasteiger partial charge < -0.3 is 10.1 Å². The molecule has 3 fully saturated rings. The predicted molar refractivity (Wildman–Crippen MR) is 144 cm³/mol. The van der Waals surface area contributed by atoms with Crippen molar-refractivity contribution in [1.29, 1.82) is 0 Å². The van der Waals surface area contributed by atoms with Crippen LogP contribution in [-0.2, 0) is 16.6 Å². The Hall–Kier alpha value is -1.75. The lowest BCUT2D eigenvalue weighted by Crippen LogP contribution is -2.48. The van der Waals surface area contributed by atoms with Crippen molar-refractivity contribution >= 4 is 0 Å². The molecule has 1 aromatic heterocycles. The fraction of sp³-hybridized carbons (Fsp3) is 0.656. The maximum atomic E-state index is 6.48.